The standard InChI is InChI=1S/C36H43F5N2O6/c1-35(2,3)49-34(47)42-17-15-21-18-25(45)22(33-36(21,20-42)19-23-24(44)13-9-7-11-16-43(23)33)12-8-5-4-6-10-14-26(46)48-32-30(40)28(38)27(37)29(39)31(32)41/h21-23,33H,6-20H2,1-3H3/t21-,22+,23-,33-,36-/m0/s1. The van der Waals surface area contributed by atoms with Crippen molar-refractivity contribution in [2.75, 3.05) is 19.6 Å². The predicted octanol–water partition coefficient (Wildman–Crippen LogP) is 6.66. The Bertz CT molecular complexity index is 1520. The summed E-state index contributed by atoms with van der Waals surface area (Å²) < 4.78 is 77.8. The number of fused-ring (bicyclic) bond motifs is 2. The van der Waals surface area contributed by atoms with Crippen molar-refractivity contribution < 1.29 is 50.6 Å². The van der Waals surface area contributed by atoms with Crippen LogP contribution in [0.15, 0.2) is 0 Å². The largest absolute Gasteiger partial charge is 0.444 e. The van der Waals surface area contributed by atoms with E-state index in [-0.39, 0.29) is 60.8 Å². The van der Waals surface area contributed by atoms with Gasteiger partial charge in [-0.3, -0.25) is 19.3 Å². The van der Waals surface area contributed by atoms with Crippen molar-refractivity contribution in [2.24, 2.45) is 17.3 Å². The number of halogens is 5. The molecule has 8 nitrogen and oxygen atoms in total. The maximum atomic E-state index is 13.8. The van der Waals surface area contributed by atoms with Crippen LogP contribution >= 0.6 is 0 Å². The number of Topliss-reactive ketones (excluding diaryl/α,β-unsaturated/α-hetero) is 2. The molecule has 268 valence electrons. The molecule has 5 atom stereocenters. The van der Waals surface area contributed by atoms with E-state index in [0.29, 0.717) is 58.2 Å². The number of carbonyl (C=O) groups excluding carboxylic acids is 4. The lowest BCUT2D eigenvalue weighted by atomic mass is 9.56. The molecule has 5 rings (SSSR count). The highest BCUT2D eigenvalue weighted by molar-refractivity contribution is 5.87. The number of rotatable bonds is 6. The van der Waals surface area contributed by atoms with E-state index in [0.717, 1.165) is 19.3 Å². The molecular formula is C36H43F5N2O6. The first-order valence-corrected chi connectivity index (χ1v) is 17.1. The van der Waals surface area contributed by atoms with Gasteiger partial charge in [0, 0.05) is 62.6 Å². The lowest BCUT2D eigenvalue weighted by Crippen LogP contribution is -2.63. The van der Waals surface area contributed by atoms with Crippen LogP contribution in [0, 0.1) is 58.2 Å². The van der Waals surface area contributed by atoms with Gasteiger partial charge in [0.05, 0.1) is 6.04 Å². The molecule has 0 aromatic heterocycles. The summed E-state index contributed by atoms with van der Waals surface area (Å²) in [5.41, 5.74) is -1.09. The summed E-state index contributed by atoms with van der Waals surface area (Å²) in [7, 11) is 0. The number of amides is 1. The smallest absolute Gasteiger partial charge is 0.410 e. The van der Waals surface area contributed by atoms with Crippen LogP contribution in [0.1, 0.15) is 97.8 Å². The molecule has 3 saturated heterocycles. The summed E-state index contributed by atoms with van der Waals surface area (Å²) in [4.78, 5) is 56.5. The second-order valence-electron chi connectivity index (χ2n) is 14.7. The van der Waals surface area contributed by atoms with Crippen LogP contribution in [0.3, 0.4) is 0 Å². The molecular weight excluding hydrogens is 651 g/mol. The quantitative estimate of drug-likeness (QED) is 0.0626. The van der Waals surface area contributed by atoms with Crippen LogP contribution in [-0.2, 0) is 19.1 Å². The van der Waals surface area contributed by atoms with Crippen molar-refractivity contribution in [1.82, 2.24) is 9.80 Å². The van der Waals surface area contributed by atoms with Gasteiger partial charge in [0.1, 0.15) is 17.2 Å². The Kier molecular flexibility index (Phi) is 11.1. The predicted molar refractivity (Wildman–Crippen MR) is 167 cm³/mol. The van der Waals surface area contributed by atoms with Crippen molar-refractivity contribution >= 4 is 23.6 Å². The normalized spacial score (nSPS) is 27.2. The second kappa shape index (κ2) is 14.8. The van der Waals surface area contributed by atoms with Gasteiger partial charge in [-0.1, -0.05) is 6.42 Å². The molecule has 1 amide bonds. The number of carbonyl (C=O) groups is 4. The number of nitrogens with zero attached hydrogens (tertiary/aromatic N) is 2. The molecule has 1 spiro atoms. The van der Waals surface area contributed by atoms with E-state index in [1.807, 2.05) is 20.8 Å². The van der Waals surface area contributed by atoms with E-state index in [9.17, 15) is 41.1 Å². The molecule has 4 fully saturated rings. The van der Waals surface area contributed by atoms with Gasteiger partial charge < -0.3 is 14.4 Å². The first-order valence-electron chi connectivity index (χ1n) is 17.1. The lowest BCUT2D eigenvalue weighted by molar-refractivity contribution is -0.140. The molecule has 0 radical (unpaired) electrons. The molecule has 1 aromatic rings. The van der Waals surface area contributed by atoms with Crippen molar-refractivity contribution in [3.8, 4) is 17.6 Å². The number of hydrogen-bond acceptors (Lipinski definition) is 7. The number of ketones is 2. The van der Waals surface area contributed by atoms with E-state index in [4.69, 9.17) is 4.74 Å². The van der Waals surface area contributed by atoms with Gasteiger partial charge in [-0.05, 0) is 71.8 Å². The lowest BCUT2D eigenvalue weighted by Gasteiger charge is -2.55. The molecule has 4 aliphatic rings. The zero-order valence-corrected chi connectivity index (χ0v) is 28.1. The molecule has 0 unspecified atom stereocenters. The molecule has 3 heterocycles. The zero-order valence-electron chi connectivity index (χ0n) is 28.1. The average molecular weight is 695 g/mol. The number of hydrogen-bond donors (Lipinski definition) is 0. The third-order valence-corrected chi connectivity index (χ3v) is 10.3. The third kappa shape index (κ3) is 7.64. The number of esters is 1. The summed E-state index contributed by atoms with van der Waals surface area (Å²) in [5, 5.41) is 0. The topological polar surface area (TPSA) is 93.2 Å². The number of unbranched alkanes of at least 4 members (excludes halogenated alkanes) is 1. The first kappa shape index (κ1) is 36.7. The number of ether oxygens (including phenoxy) is 2. The van der Waals surface area contributed by atoms with Gasteiger partial charge in [0.15, 0.2) is 0 Å². The summed E-state index contributed by atoms with van der Waals surface area (Å²) in [6, 6.07) is -0.509. The monoisotopic (exact) mass is 694 g/mol. The van der Waals surface area contributed by atoms with Crippen LogP contribution in [0.4, 0.5) is 26.7 Å². The summed E-state index contributed by atoms with van der Waals surface area (Å²) in [6.45, 7) is 7.09. The molecule has 13 heteroatoms. The molecule has 0 bridgehead atoms. The SMILES string of the molecule is CC(C)(C)OC(=O)N1CC[C@H]2CC(=O)[C@@H](CCC#CCCCC(=O)Oc3c(F)c(F)c(F)c(F)c3F)[C@@H]3N4CCCCCC(=O)[C@@H]4C[C@]23C1. The summed E-state index contributed by atoms with van der Waals surface area (Å²) in [6.07, 6.45) is 5.21. The van der Waals surface area contributed by atoms with Gasteiger partial charge in [-0.2, -0.15) is 8.78 Å². The highest BCUT2D eigenvalue weighted by Gasteiger charge is 2.64. The maximum absolute atomic E-state index is 13.8. The maximum Gasteiger partial charge on any atom is 0.410 e. The van der Waals surface area contributed by atoms with Crippen LogP contribution < -0.4 is 4.74 Å². The molecule has 0 N–H and O–H groups in total. The molecule has 1 aromatic carbocycles. The molecule has 1 aliphatic carbocycles. The first-order chi connectivity index (χ1) is 23.1. The highest BCUT2D eigenvalue weighted by Crippen LogP contribution is 2.58. The van der Waals surface area contributed by atoms with Gasteiger partial charge in [-0.25, -0.2) is 18.0 Å². The van der Waals surface area contributed by atoms with Crippen LogP contribution in [-0.4, -0.2) is 70.7 Å². The van der Waals surface area contributed by atoms with E-state index >= 15 is 0 Å². The zero-order chi connectivity index (χ0) is 35.7. The van der Waals surface area contributed by atoms with Crippen molar-refractivity contribution in [2.45, 2.75) is 116 Å². The van der Waals surface area contributed by atoms with Gasteiger partial charge in [0.25, 0.3) is 0 Å². The van der Waals surface area contributed by atoms with Crippen molar-refractivity contribution in [3.05, 3.63) is 29.1 Å². The van der Waals surface area contributed by atoms with Crippen molar-refractivity contribution in [3.63, 3.8) is 0 Å². The van der Waals surface area contributed by atoms with Crippen molar-refractivity contribution in [1.29, 1.82) is 0 Å². The van der Waals surface area contributed by atoms with Crippen LogP contribution in [0.25, 0.3) is 0 Å². The highest BCUT2D eigenvalue weighted by atomic mass is 19.2. The Morgan fingerprint density at radius 3 is 2.27 bits per heavy atom. The minimum absolute atomic E-state index is 0.0525. The number of piperidine rings is 1. The van der Waals surface area contributed by atoms with E-state index in [2.05, 4.69) is 21.5 Å². The Balaban J connectivity index is 1.25. The number of benzene rings is 1. The molecule has 49 heavy (non-hydrogen) atoms. The van der Waals surface area contributed by atoms with Gasteiger partial charge >= 0.3 is 12.1 Å². The minimum atomic E-state index is -2.35. The van der Waals surface area contributed by atoms with E-state index in [1.54, 1.807) is 4.90 Å². The molecule has 3 aliphatic heterocycles. The Morgan fingerprint density at radius 2 is 1.57 bits per heavy atom. The average Bonchev–Trinajstić information content (AvgIpc) is 3.35. The summed E-state index contributed by atoms with van der Waals surface area (Å²) in [5.74, 6) is -8.07. The van der Waals surface area contributed by atoms with Gasteiger partial charge in [-0.15, -0.1) is 11.8 Å². The van der Waals surface area contributed by atoms with Crippen LogP contribution in [0.5, 0.6) is 5.75 Å². The van der Waals surface area contributed by atoms with E-state index < -0.39 is 51.8 Å². The Morgan fingerprint density at radius 1 is 0.898 bits per heavy atom. The Hall–Kier alpha value is -3.53. The fourth-order valence-corrected chi connectivity index (χ4v) is 8.26. The minimum Gasteiger partial charge on any atom is -0.444 e. The Labute approximate surface area is 283 Å². The fraction of sp³-hybridized carbons (Fsp3) is 0.667. The third-order valence-electron chi connectivity index (χ3n) is 10.3. The second-order valence-corrected chi connectivity index (χ2v) is 14.7. The fourth-order valence-electron chi connectivity index (χ4n) is 8.26. The summed E-state index contributed by atoms with van der Waals surface area (Å²) >= 11 is 0. The molecule has 1 saturated carbocycles. The van der Waals surface area contributed by atoms with E-state index in [1.165, 1.54) is 0 Å². The van der Waals surface area contributed by atoms with Gasteiger partial charge in [0.2, 0.25) is 34.8 Å². The van der Waals surface area contributed by atoms with Crippen LogP contribution in [0.2, 0.25) is 0 Å². The number of likely N-dealkylation sites (tertiary alicyclic amines) is 1.